The maximum Gasteiger partial charge on any atom is 0.434 e. The molecule has 0 saturated carbocycles. The summed E-state index contributed by atoms with van der Waals surface area (Å²) in [5.41, 5.74) is -0.916. The average molecular weight is 513 g/mol. The van der Waals surface area contributed by atoms with E-state index < -0.39 is 47.6 Å². The van der Waals surface area contributed by atoms with Crippen LogP contribution in [0, 0.1) is 5.92 Å². The van der Waals surface area contributed by atoms with E-state index >= 15 is 0 Å². The molecule has 4 rings (SSSR count). The summed E-state index contributed by atoms with van der Waals surface area (Å²) in [5.74, 6) is -4.58. The number of urea groups is 1. The van der Waals surface area contributed by atoms with E-state index in [1.807, 2.05) is 0 Å². The van der Waals surface area contributed by atoms with E-state index in [9.17, 15) is 32.3 Å². The van der Waals surface area contributed by atoms with Crippen molar-refractivity contribution in [1.29, 1.82) is 0 Å². The van der Waals surface area contributed by atoms with Crippen molar-refractivity contribution in [3.05, 3.63) is 66.5 Å². The van der Waals surface area contributed by atoms with Gasteiger partial charge in [-0.15, -0.1) is 0 Å². The largest absolute Gasteiger partial charge is 0.434 e. The summed E-state index contributed by atoms with van der Waals surface area (Å²) in [6, 6.07) is 11.8. The Bertz CT molecular complexity index is 1360. The number of nitrogens with one attached hydrogen (secondary N) is 1. The number of hydrogen-bond acceptors (Lipinski definition) is 7. The molecule has 1 N–H and O–H groups in total. The third-order valence-corrected chi connectivity index (χ3v) is 5.44. The highest BCUT2D eigenvalue weighted by molar-refractivity contribution is 6.27. The van der Waals surface area contributed by atoms with Gasteiger partial charge < -0.3 is 10.1 Å². The second-order valence-corrected chi connectivity index (χ2v) is 7.90. The van der Waals surface area contributed by atoms with Gasteiger partial charge in [-0.2, -0.15) is 18.2 Å². The first-order valence-corrected chi connectivity index (χ1v) is 10.6. The molecule has 0 atom stereocenters. The highest BCUT2D eigenvalue weighted by Gasteiger charge is 2.46. The summed E-state index contributed by atoms with van der Waals surface area (Å²) in [6.07, 6.45) is -3.74. The molecular weight excluding hydrogens is 495 g/mol. The molecule has 0 radical (unpaired) electrons. The van der Waals surface area contributed by atoms with Gasteiger partial charge in [0.05, 0.1) is 0 Å². The van der Waals surface area contributed by atoms with Crippen LogP contribution in [-0.2, 0) is 20.6 Å². The van der Waals surface area contributed by atoms with Gasteiger partial charge in [0.2, 0.25) is 5.91 Å². The van der Waals surface area contributed by atoms with E-state index in [2.05, 4.69) is 15.3 Å². The second-order valence-electron chi connectivity index (χ2n) is 7.90. The van der Waals surface area contributed by atoms with Gasteiger partial charge in [-0.05, 0) is 29.8 Å². The topological polar surface area (TPSA) is 122 Å². The van der Waals surface area contributed by atoms with E-state index in [1.54, 1.807) is 18.2 Å². The van der Waals surface area contributed by atoms with Crippen LogP contribution in [0.3, 0.4) is 0 Å². The number of carbonyl (C=O) groups excluding carboxylic acids is 4. The molecule has 1 fully saturated rings. The van der Waals surface area contributed by atoms with Crippen LogP contribution >= 0.6 is 0 Å². The zero-order valence-electron chi connectivity index (χ0n) is 19.3. The average Bonchev–Trinajstić information content (AvgIpc) is 2.87. The van der Waals surface area contributed by atoms with Crippen LogP contribution in [0.5, 0.6) is 11.8 Å². The van der Waals surface area contributed by atoms with E-state index in [-0.39, 0.29) is 22.6 Å². The SMILES string of the molecule is CN1C(=O)C(C(=O)Nc2ccc(Oc3ncc(-c4ccccc4)c(C(F)(F)F)n3)cc2)C(=O)N(C)C1=O. The lowest BCUT2D eigenvalue weighted by Crippen LogP contribution is -2.59. The lowest BCUT2D eigenvalue weighted by atomic mass is 10.0. The van der Waals surface area contributed by atoms with Crippen molar-refractivity contribution in [2.24, 2.45) is 5.92 Å². The van der Waals surface area contributed by atoms with Gasteiger partial charge in [-0.25, -0.2) is 9.78 Å². The van der Waals surface area contributed by atoms with Crippen LogP contribution in [0.15, 0.2) is 60.8 Å². The molecule has 0 unspecified atom stereocenters. The highest BCUT2D eigenvalue weighted by atomic mass is 19.4. The molecule has 190 valence electrons. The molecule has 2 aromatic carbocycles. The Hall–Kier alpha value is -4.81. The molecule has 0 spiro atoms. The van der Waals surface area contributed by atoms with Crippen LogP contribution in [0.1, 0.15) is 5.69 Å². The van der Waals surface area contributed by atoms with E-state index in [0.717, 1.165) is 20.3 Å². The smallest absolute Gasteiger partial charge is 0.424 e. The van der Waals surface area contributed by atoms with Crippen molar-refractivity contribution in [3.63, 3.8) is 0 Å². The van der Waals surface area contributed by atoms with Crippen molar-refractivity contribution in [2.45, 2.75) is 6.18 Å². The number of hydrogen-bond donors (Lipinski definition) is 1. The standard InChI is InChI=1S/C24H18F3N5O5/c1-31-20(34)17(21(35)32(2)23(31)36)19(33)29-14-8-10-15(11-9-14)37-22-28-12-16(13-6-4-3-5-7-13)18(30-22)24(25,26)27/h3-12,17H,1-2H3,(H,29,33). The Balaban J connectivity index is 1.50. The van der Waals surface area contributed by atoms with Crippen molar-refractivity contribution in [3.8, 4) is 22.9 Å². The van der Waals surface area contributed by atoms with Crippen molar-refractivity contribution >= 4 is 29.4 Å². The summed E-state index contributed by atoms with van der Waals surface area (Å²) in [7, 11) is 2.30. The number of amides is 5. The minimum absolute atomic E-state index is 0.0634. The summed E-state index contributed by atoms with van der Waals surface area (Å²) in [4.78, 5) is 57.7. The number of nitrogens with zero attached hydrogens (tertiary/aromatic N) is 4. The molecule has 2 heterocycles. The lowest BCUT2D eigenvalue weighted by Gasteiger charge is -2.32. The van der Waals surface area contributed by atoms with Gasteiger partial charge >= 0.3 is 18.2 Å². The Kier molecular flexibility index (Phi) is 6.62. The maximum atomic E-state index is 13.6. The molecule has 0 aliphatic carbocycles. The van der Waals surface area contributed by atoms with Crippen LogP contribution in [0.4, 0.5) is 23.7 Å². The van der Waals surface area contributed by atoms with Gasteiger partial charge in [-0.1, -0.05) is 30.3 Å². The molecule has 3 aromatic rings. The molecule has 1 aromatic heterocycles. The minimum atomic E-state index is -4.76. The van der Waals surface area contributed by atoms with Crippen LogP contribution in [0.25, 0.3) is 11.1 Å². The number of ether oxygens (including phenoxy) is 1. The molecular formula is C24H18F3N5O5. The summed E-state index contributed by atoms with van der Waals surface area (Å²) >= 11 is 0. The lowest BCUT2D eigenvalue weighted by molar-refractivity contribution is -0.151. The zero-order chi connectivity index (χ0) is 26.9. The zero-order valence-corrected chi connectivity index (χ0v) is 19.3. The third-order valence-electron chi connectivity index (χ3n) is 5.44. The van der Waals surface area contributed by atoms with Crippen LogP contribution in [-0.4, -0.2) is 57.6 Å². The number of imide groups is 2. The number of rotatable bonds is 5. The van der Waals surface area contributed by atoms with E-state index in [4.69, 9.17) is 4.74 Å². The molecule has 10 nitrogen and oxygen atoms in total. The van der Waals surface area contributed by atoms with E-state index in [0.29, 0.717) is 9.80 Å². The fourth-order valence-electron chi connectivity index (χ4n) is 3.52. The van der Waals surface area contributed by atoms with Gasteiger partial charge in [-0.3, -0.25) is 24.2 Å². The molecule has 1 saturated heterocycles. The summed E-state index contributed by atoms with van der Waals surface area (Å²) in [5, 5.41) is 2.39. The number of aromatic nitrogens is 2. The molecule has 1 aliphatic rings. The maximum absolute atomic E-state index is 13.6. The van der Waals surface area contributed by atoms with Gasteiger partial charge in [0.15, 0.2) is 11.6 Å². The summed E-state index contributed by atoms with van der Waals surface area (Å²) in [6.45, 7) is 0. The fraction of sp³-hybridized carbons (Fsp3) is 0.167. The fourth-order valence-corrected chi connectivity index (χ4v) is 3.52. The molecule has 5 amide bonds. The Morgan fingerprint density at radius 3 is 2.11 bits per heavy atom. The van der Waals surface area contributed by atoms with Crippen molar-refractivity contribution in [2.75, 3.05) is 19.4 Å². The Labute approximate surface area is 207 Å². The number of carbonyl (C=O) groups is 4. The first kappa shape index (κ1) is 25.3. The van der Waals surface area contributed by atoms with Gasteiger partial charge in [0, 0.05) is 31.5 Å². The normalized spacial score (nSPS) is 14.7. The van der Waals surface area contributed by atoms with Gasteiger partial charge in [0.1, 0.15) is 5.75 Å². The van der Waals surface area contributed by atoms with Crippen molar-refractivity contribution < 1.29 is 37.1 Å². The Morgan fingerprint density at radius 1 is 0.946 bits per heavy atom. The first-order chi connectivity index (χ1) is 17.5. The van der Waals surface area contributed by atoms with Crippen LogP contribution in [0.2, 0.25) is 0 Å². The number of halogens is 3. The number of alkyl halides is 3. The summed E-state index contributed by atoms with van der Waals surface area (Å²) < 4.78 is 46.3. The molecule has 13 heteroatoms. The molecule has 37 heavy (non-hydrogen) atoms. The van der Waals surface area contributed by atoms with Gasteiger partial charge in [0.25, 0.3) is 11.8 Å². The van der Waals surface area contributed by atoms with Crippen LogP contribution < -0.4 is 10.1 Å². The third kappa shape index (κ3) is 5.10. The minimum Gasteiger partial charge on any atom is -0.424 e. The number of anilines is 1. The monoisotopic (exact) mass is 513 g/mol. The van der Waals surface area contributed by atoms with Crippen molar-refractivity contribution in [1.82, 2.24) is 19.8 Å². The number of benzene rings is 2. The molecule has 0 bridgehead atoms. The Morgan fingerprint density at radius 2 is 1.54 bits per heavy atom. The number of barbiturate groups is 1. The van der Waals surface area contributed by atoms with E-state index in [1.165, 1.54) is 36.4 Å². The predicted octanol–water partition coefficient (Wildman–Crippen LogP) is 3.56. The first-order valence-electron chi connectivity index (χ1n) is 10.6. The predicted molar refractivity (Wildman–Crippen MR) is 122 cm³/mol. The quantitative estimate of drug-likeness (QED) is 0.518. The molecule has 1 aliphatic heterocycles. The second kappa shape index (κ2) is 9.68. The highest BCUT2D eigenvalue weighted by Crippen LogP contribution is 2.36.